The predicted molar refractivity (Wildman–Crippen MR) is 71.2 cm³/mol. The molecule has 0 aliphatic carbocycles. The van der Waals surface area contributed by atoms with Crippen LogP contribution < -0.4 is 0 Å². The van der Waals surface area contributed by atoms with E-state index < -0.39 is 5.60 Å². The summed E-state index contributed by atoms with van der Waals surface area (Å²) >= 11 is 6.08. The van der Waals surface area contributed by atoms with E-state index in [0.717, 1.165) is 13.1 Å². The van der Waals surface area contributed by atoms with Crippen molar-refractivity contribution in [3.05, 3.63) is 34.6 Å². The maximum absolute atomic E-state index is 13.3. The van der Waals surface area contributed by atoms with Crippen molar-refractivity contribution in [2.24, 2.45) is 0 Å². The van der Waals surface area contributed by atoms with Crippen LogP contribution in [0.15, 0.2) is 18.2 Å². The molecule has 0 unspecified atom stereocenters. The largest absolute Gasteiger partial charge is 0.385 e. The number of rotatable bonds is 2. The van der Waals surface area contributed by atoms with Crippen LogP contribution in [0.3, 0.4) is 0 Å². The van der Waals surface area contributed by atoms with E-state index in [0.29, 0.717) is 29.5 Å². The Labute approximate surface area is 112 Å². The van der Waals surface area contributed by atoms with Gasteiger partial charge in [0.15, 0.2) is 0 Å². The van der Waals surface area contributed by atoms with Crippen molar-refractivity contribution < 1.29 is 9.50 Å². The zero-order valence-electron chi connectivity index (χ0n) is 10.8. The molecule has 2 nitrogen and oxygen atoms in total. The Bertz CT molecular complexity index is 428. The summed E-state index contributed by atoms with van der Waals surface area (Å²) in [7, 11) is 0. The molecule has 1 aliphatic rings. The van der Waals surface area contributed by atoms with Crippen LogP contribution in [0.1, 0.15) is 32.3 Å². The molecule has 0 amide bonds. The van der Waals surface area contributed by atoms with Gasteiger partial charge in [0.1, 0.15) is 5.82 Å². The van der Waals surface area contributed by atoms with Crippen LogP contribution >= 0.6 is 11.6 Å². The van der Waals surface area contributed by atoms with Crippen LogP contribution in [0, 0.1) is 5.82 Å². The number of likely N-dealkylation sites (tertiary alicyclic amines) is 1. The van der Waals surface area contributed by atoms with E-state index in [1.807, 2.05) is 0 Å². The molecule has 0 saturated carbocycles. The van der Waals surface area contributed by atoms with Crippen LogP contribution in [-0.2, 0) is 5.60 Å². The van der Waals surface area contributed by atoms with Gasteiger partial charge in [-0.1, -0.05) is 11.6 Å². The Balaban J connectivity index is 2.20. The molecule has 1 fully saturated rings. The van der Waals surface area contributed by atoms with Gasteiger partial charge in [-0.15, -0.1) is 0 Å². The number of hydrogen-bond donors (Lipinski definition) is 1. The first kappa shape index (κ1) is 13.8. The minimum atomic E-state index is -0.995. The third-order valence-electron chi connectivity index (χ3n) is 3.79. The third-order valence-corrected chi connectivity index (χ3v) is 4.11. The van der Waals surface area contributed by atoms with E-state index in [-0.39, 0.29) is 5.82 Å². The van der Waals surface area contributed by atoms with Crippen LogP contribution in [0.4, 0.5) is 4.39 Å². The molecule has 2 rings (SSSR count). The quantitative estimate of drug-likeness (QED) is 0.893. The lowest BCUT2D eigenvalue weighted by atomic mass is 9.84. The number of aliphatic hydroxyl groups is 1. The number of halogens is 2. The van der Waals surface area contributed by atoms with Crippen LogP contribution in [0.25, 0.3) is 0 Å². The number of nitrogens with zero attached hydrogens (tertiary/aromatic N) is 1. The molecule has 4 heteroatoms. The van der Waals surface area contributed by atoms with E-state index in [1.54, 1.807) is 0 Å². The molecule has 0 spiro atoms. The lowest BCUT2D eigenvalue weighted by Crippen LogP contribution is -2.45. The predicted octanol–water partition coefficient (Wildman–Crippen LogP) is 3.17. The van der Waals surface area contributed by atoms with Gasteiger partial charge in [-0.2, -0.15) is 0 Å². The Kier molecular flexibility index (Phi) is 3.95. The van der Waals surface area contributed by atoms with Crippen LogP contribution in [0.2, 0.25) is 5.02 Å². The summed E-state index contributed by atoms with van der Waals surface area (Å²) in [5, 5.41) is 11.1. The van der Waals surface area contributed by atoms with E-state index in [1.165, 1.54) is 18.2 Å². The minimum absolute atomic E-state index is 0.353. The summed E-state index contributed by atoms with van der Waals surface area (Å²) in [4.78, 5) is 2.31. The first-order valence-electron chi connectivity index (χ1n) is 6.34. The maximum Gasteiger partial charge on any atom is 0.123 e. The molecule has 100 valence electrons. The molecular formula is C14H19ClFNO. The van der Waals surface area contributed by atoms with Gasteiger partial charge in [0.05, 0.1) is 5.60 Å². The molecule has 1 heterocycles. The zero-order valence-corrected chi connectivity index (χ0v) is 11.5. The second-order valence-electron chi connectivity index (χ2n) is 5.29. The summed E-state index contributed by atoms with van der Waals surface area (Å²) in [6, 6.07) is 4.66. The highest BCUT2D eigenvalue weighted by Crippen LogP contribution is 2.37. The molecule has 0 bridgehead atoms. The van der Waals surface area contributed by atoms with E-state index in [4.69, 9.17) is 11.6 Å². The van der Waals surface area contributed by atoms with Crippen molar-refractivity contribution in [2.75, 3.05) is 13.1 Å². The first-order chi connectivity index (χ1) is 8.42. The maximum atomic E-state index is 13.3. The van der Waals surface area contributed by atoms with Gasteiger partial charge >= 0.3 is 0 Å². The van der Waals surface area contributed by atoms with E-state index in [9.17, 15) is 9.50 Å². The Morgan fingerprint density at radius 3 is 2.50 bits per heavy atom. The Morgan fingerprint density at radius 2 is 1.94 bits per heavy atom. The summed E-state index contributed by atoms with van der Waals surface area (Å²) in [6.07, 6.45) is 1.18. The smallest absolute Gasteiger partial charge is 0.123 e. The summed E-state index contributed by atoms with van der Waals surface area (Å²) in [5.74, 6) is -0.353. The van der Waals surface area contributed by atoms with Crippen molar-refractivity contribution in [3.8, 4) is 0 Å². The molecule has 0 atom stereocenters. The van der Waals surface area contributed by atoms with Gasteiger partial charge in [0, 0.05) is 29.7 Å². The standard InChI is InChI=1S/C14H19ClFNO/c1-10(2)17-7-5-14(18,6-8-17)12-9-11(16)3-4-13(12)15/h3-4,9-10,18H,5-8H2,1-2H3. The molecule has 0 radical (unpaired) electrons. The van der Waals surface area contributed by atoms with Crippen LogP contribution in [0.5, 0.6) is 0 Å². The van der Waals surface area contributed by atoms with E-state index >= 15 is 0 Å². The zero-order chi connectivity index (χ0) is 13.3. The van der Waals surface area contributed by atoms with Gasteiger partial charge in [-0.3, -0.25) is 0 Å². The fraction of sp³-hybridized carbons (Fsp3) is 0.571. The number of hydrogen-bond acceptors (Lipinski definition) is 2. The summed E-state index contributed by atoms with van der Waals surface area (Å²) in [5.41, 5.74) is -0.475. The Morgan fingerprint density at radius 1 is 1.33 bits per heavy atom. The van der Waals surface area contributed by atoms with Gasteiger partial charge in [0.25, 0.3) is 0 Å². The van der Waals surface area contributed by atoms with Crippen LogP contribution in [-0.4, -0.2) is 29.1 Å². The summed E-state index contributed by atoms with van der Waals surface area (Å²) < 4.78 is 13.3. The number of piperidine rings is 1. The van der Waals surface area contributed by atoms with Gasteiger partial charge in [-0.05, 0) is 44.9 Å². The monoisotopic (exact) mass is 271 g/mol. The molecule has 1 aliphatic heterocycles. The molecule has 1 saturated heterocycles. The Hall–Kier alpha value is -0.640. The van der Waals surface area contributed by atoms with E-state index in [2.05, 4.69) is 18.7 Å². The average molecular weight is 272 g/mol. The van der Waals surface area contributed by atoms with Crippen molar-refractivity contribution in [2.45, 2.75) is 38.3 Å². The second-order valence-corrected chi connectivity index (χ2v) is 5.69. The topological polar surface area (TPSA) is 23.5 Å². The normalized spacial score (nSPS) is 20.3. The summed E-state index contributed by atoms with van der Waals surface area (Å²) in [6.45, 7) is 5.89. The van der Waals surface area contributed by atoms with Gasteiger partial charge in [0.2, 0.25) is 0 Å². The lowest BCUT2D eigenvalue weighted by molar-refractivity contribution is -0.0324. The van der Waals surface area contributed by atoms with Crippen molar-refractivity contribution in [3.63, 3.8) is 0 Å². The molecule has 0 aromatic heterocycles. The lowest BCUT2D eigenvalue weighted by Gasteiger charge is -2.40. The molecule has 1 aromatic carbocycles. The highest BCUT2D eigenvalue weighted by Gasteiger charge is 2.36. The van der Waals surface area contributed by atoms with Crippen molar-refractivity contribution in [1.82, 2.24) is 4.90 Å². The fourth-order valence-electron chi connectivity index (χ4n) is 2.53. The molecule has 1 aromatic rings. The SMILES string of the molecule is CC(C)N1CCC(O)(c2cc(F)ccc2Cl)CC1. The minimum Gasteiger partial charge on any atom is -0.385 e. The van der Waals surface area contributed by atoms with Gasteiger partial charge in [-0.25, -0.2) is 4.39 Å². The van der Waals surface area contributed by atoms with Crippen molar-refractivity contribution in [1.29, 1.82) is 0 Å². The average Bonchev–Trinajstić information content (AvgIpc) is 2.32. The van der Waals surface area contributed by atoms with Crippen molar-refractivity contribution >= 4 is 11.6 Å². The fourth-order valence-corrected chi connectivity index (χ4v) is 2.83. The molecular weight excluding hydrogens is 253 g/mol. The highest BCUT2D eigenvalue weighted by atomic mass is 35.5. The number of benzene rings is 1. The first-order valence-corrected chi connectivity index (χ1v) is 6.72. The molecule has 18 heavy (non-hydrogen) atoms. The second kappa shape index (κ2) is 5.16. The molecule has 1 N–H and O–H groups in total. The van der Waals surface area contributed by atoms with Gasteiger partial charge < -0.3 is 10.0 Å². The third kappa shape index (κ3) is 2.68. The highest BCUT2D eigenvalue weighted by molar-refractivity contribution is 6.31.